The predicted octanol–water partition coefficient (Wildman–Crippen LogP) is 5.83. The van der Waals surface area contributed by atoms with Crippen LogP contribution in [-0.4, -0.2) is 27.2 Å². The molecule has 0 spiro atoms. The van der Waals surface area contributed by atoms with E-state index in [9.17, 15) is 22.8 Å². The van der Waals surface area contributed by atoms with E-state index in [1.165, 1.54) is 12.1 Å². The minimum atomic E-state index is -4.49. The second kappa shape index (κ2) is 10.2. The average molecular weight is 488 g/mol. The first-order valence-corrected chi connectivity index (χ1v) is 11.1. The molecule has 11 heteroatoms. The van der Waals surface area contributed by atoms with Gasteiger partial charge >= 0.3 is 30.0 Å². The van der Waals surface area contributed by atoms with E-state index in [2.05, 4.69) is 20.8 Å². The van der Waals surface area contributed by atoms with Crippen molar-refractivity contribution in [2.75, 3.05) is 10.6 Å². The standard InChI is InChI=1S/C24H23F3N4O4/c25-24(26,27)17-2-1-3-19(13-17)29-23-31-30-22(35-23)21(34)28-18-10-8-16(9-11-18)15-6-4-14(5-7-15)12-20(32)33/h1-3,8-11,13-15H,4-7,12H2,(H,28,34)(H,29,31)(H,32,33). The molecule has 0 aliphatic heterocycles. The van der Waals surface area contributed by atoms with Crippen LogP contribution in [-0.2, 0) is 11.0 Å². The summed E-state index contributed by atoms with van der Waals surface area (Å²) in [5.74, 6) is -1.18. The van der Waals surface area contributed by atoms with Crippen molar-refractivity contribution in [3.63, 3.8) is 0 Å². The van der Waals surface area contributed by atoms with Crippen LogP contribution in [0.2, 0.25) is 0 Å². The molecule has 1 amide bonds. The van der Waals surface area contributed by atoms with Gasteiger partial charge in [-0.25, -0.2) is 0 Å². The molecule has 8 nitrogen and oxygen atoms in total. The molecule has 1 heterocycles. The van der Waals surface area contributed by atoms with Gasteiger partial charge in [-0.15, -0.1) is 5.10 Å². The van der Waals surface area contributed by atoms with Crippen molar-refractivity contribution < 1.29 is 32.3 Å². The van der Waals surface area contributed by atoms with Crippen LogP contribution in [0, 0.1) is 5.92 Å². The van der Waals surface area contributed by atoms with E-state index in [0.717, 1.165) is 43.4 Å². The third-order valence-corrected chi connectivity index (χ3v) is 6.01. The lowest BCUT2D eigenvalue weighted by molar-refractivity contribution is -0.139. The lowest BCUT2D eigenvalue weighted by atomic mass is 9.77. The minimum Gasteiger partial charge on any atom is -0.481 e. The van der Waals surface area contributed by atoms with Crippen molar-refractivity contribution in [1.82, 2.24) is 10.2 Å². The van der Waals surface area contributed by atoms with E-state index in [1.807, 2.05) is 12.1 Å². The molecule has 1 aliphatic rings. The quantitative estimate of drug-likeness (QED) is 0.383. The highest BCUT2D eigenvalue weighted by molar-refractivity contribution is 6.00. The maximum absolute atomic E-state index is 12.9. The number of halogens is 3. The van der Waals surface area contributed by atoms with Gasteiger partial charge in [-0.3, -0.25) is 9.59 Å². The molecule has 1 fully saturated rings. The molecular formula is C24H23F3N4O4. The smallest absolute Gasteiger partial charge is 0.416 e. The zero-order chi connectivity index (χ0) is 25.0. The van der Waals surface area contributed by atoms with Crippen LogP contribution in [0.1, 0.15) is 59.8 Å². The number of carbonyl (C=O) groups is 2. The molecule has 1 aliphatic carbocycles. The Morgan fingerprint density at radius 1 is 1.00 bits per heavy atom. The third-order valence-electron chi connectivity index (χ3n) is 6.01. The maximum atomic E-state index is 12.9. The Balaban J connectivity index is 1.32. The van der Waals surface area contributed by atoms with Crippen molar-refractivity contribution in [3.8, 4) is 0 Å². The predicted molar refractivity (Wildman–Crippen MR) is 120 cm³/mol. The first kappa shape index (κ1) is 24.2. The van der Waals surface area contributed by atoms with Gasteiger partial charge in [0.15, 0.2) is 0 Å². The van der Waals surface area contributed by atoms with E-state index in [1.54, 1.807) is 12.1 Å². The van der Waals surface area contributed by atoms with E-state index in [4.69, 9.17) is 9.52 Å². The molecule has 184 valence electrons. The summed E-state index contributed by atoms with van der Waals surface area (Å²) in [5, 5.41) is 21.5. The number of carboxylic acids is 1. The number of carboxylic acid groups (broad SMARTS) is 1. The Morgan fingerprint density at radius 2 is 1.71 bits per heavy atom. The Hall–Kier alpha value is -3.89. The average Bonchev–Trinajstić information content (AvgIpc) is 3.28. The Morgan fingerprint density at radius 3 is 2.37 bits per heavy atom. The molecule has 2 aromatic carbocycles. The molecule has 3 aromatic rings. The molecular weight excluding hydrogens is 465 g/mol. The van der Waals surface area contributed by atoms with Crippen LogP contribution >= 0.6 is 0 Å². The number of hydrogen-bond donors (Lipinski definition) is 3. The molecule has 4 rings (SSSR count). The number of hydrogen-bond acceptors (Lipinski definition) is 6. The van der Waals surface area contributed by atoms with Crippen LogP contribution in [0.5, 0.6) is 0 Å². The van der Waals surface area contributed by atoms with Crippen LogP contribution in [0.3, 0.4) is 0 Å². The summed E-state index contributed by atoms with van der Waals surface area (Å²) in [4.78, 5) is 23.3. The van der Waals surface area contributed by atoms with Gasteiger partial charge in [0.25, 0.3) is 0 Å². The Bertz CT molecular complexity index is 1190. The van der Waals surface area contributed by atoms with E-state index in [0.29, 0.717) is 11.6 Å². The molecule has 0 saturated heterocycles. The second-order valence-corrected chi connectivity index (χ2v) is 8.51. The number of amides is 1. The summed E-state index contributed by atoms with van der Waals surface area (Å²) < 4.78 is 43.8. The van der Waals surface area contributed by atoms with E-state index in [-0.39, 0.29) is 29.9 Å². The van der Waals surface area contributed by atoms with Gasteiger partial charge in [0.05, 0.1) is 5.56 Å². The lowest BCUT2D eigenvalue weighted by Crippen LogP contribution is -2.16. The van der Waals surface area contributed by atoms with Gasteiger partial charge in [0.1, 0.15) is 0 Å². The number of carbonyl (C=O) groups excluding carboxylic acids is 1. The highest BCUT2D eigenvalue weighted by atomic mass is 19.4. The highest BCUT2D eigenvalue weighted by Gasteiger charge is 2.30. The van der Waals surface area contributed by atoms with Gasteiger partial charge in [0.2, 0.25) is 0 Å². The molecule has 3 N–H and O–H groups in total. The number of aromatic nitrogens is 2. The van der Waals surface area contributed by atoms with Gasteiger partial charge in [-0.1, -0.05) is 23.3 Å². The third kappa shape index (κ3) is 6.37. The Labute approximate surface area is 198 Å². The van der Waals surface area contributed by atoms with Crippen molar-refractivity contribution in [1.29, 1.82) is 0 Å². The number of benzene rings is 2. The fourth-order valence-electron chi connectivity index (χ4n) is 4.23. The lowest BCUT2D eigenvalue weighted by Gasteiger charge is -2.28. The highest BCUT2D eigenvalue weighted by Crippen LogP contribution is 2.37. The molecule has 1 saturated carbocycles. The molecule has 0 atom stereocenters. The number of anilines is 3. The summed E-state index contributed by atoms with van der Waals surface area (Å²) in [7, 11) is 0. The van der Waals surface area contributed by atoms with Gasteiger partial charge < -0.3 is 20.2 Å². The summed E-state index contributed by atoms with van der Waals surface area (Å²) >= 11 is 0. The van der Waals surface area contributed by atoms with Crippen molar-refractivity contribution in [2.24, 2.45) is 5.92 Å². The molecule has 0 unspecified atom stereocenters. The normalized spacial score (nSPS) is 18.1. The zero-order valence-corrected chi connectivity index (χ0v) is 18.5. The summed E-state index contributed by atoms with van der Waals surface area (Å²) in [6.07, 6.45) is -0.676. The fraction of sp³-hybridized carbons (Fsp3) is 0.333. The molecule has 1 aromatic heterocycles. The van der Waals surface area contributed by atoms with Gasteiger partial charge in [0, 0.05) is 17.8 Å². The van der Waals surface area contributed by atoms with E-state index < -0.39 is 23.6 Å². The fourth-order valence-corrected chi connectivity index (χ4v) is 4.23. The number of nitrogens with one attached hydrogen (secondary N) is 2. The zero-order valence-electron chi connectivity index (χ0n) is 18.5. The van der Waals surface area contributed by atoms with Crippen LogP contribution < -0.4 is 10.6 Å². The number of aliphatic carboxylic acids is 1. The minimum absolute atomic E-state index is 0.0861. The monoisotopic (exact) mass is 488 g/mol. The number of nitrogens with zero attached hydrogens (tertiary/aromatic N) is 2. The van der Waals surface area contributed by atoms with Gasteiger partial charge in [-0.2, -0.15) is 13.2 Å². The largest absolute Gasteiger partial charge is 0.481 e. The van der Waals surface area contributed by atoms with Crippen molar-refractivity contribution in [2.45, 2.75) is 44.2 Å². The SMILES string of the molecule is O=C(O)CC1CCC(c2ccc(NC(=O)c3nnc(Nc4cccc(C(F)(F)F)c4)o3)cc2)CC1. The van der Waals surface area contributed by atoms with E-state index >= 15 is 0 Å². The summed E-state index contributed by atoms with van der Waals surface area (Å²) in [6.45, 7) is 0. The summed E-state index contributed by atoms with van der Waals surface area (Å²) in [6, 6.07) is 11.6. The maximum Gasteiger partial charge on any atom is 0.416 e. The first-order valence-electron chi connectivity index (χ1n) is 11.1. The van der Waals surface area contributed by atoms with Crippen molar-refractivity contribution >= 4 is 29.3 Å². The molecule has 0 radical (unpaired) electrons. The molecule has 0 bridgehead atoms. The molecule has 35 heavy (non-hydrogen) atoms. The van der Waals surface area contributed by atoms with Crippen LogP contribution in [0.25, 0.3) is 0 Å². The number of alkyl halides is 3. The van der Waals surface area contributed by atoms with Crippen molar-refractivity contribution in [3.05, 3.63) is 65.5 Å². The van der Waals surface area contributed by atoms with Gasteiger partial charge in [-0.05, 0) is 73.4 Å². The number of rotatable bonds is 7. The second-order valence-electron chi connectivity index (χ2n) is 8.51. The first-order chi connectivity index (χ1) is 16.7. The topological polar surface area (TPSA) is 117 Å². The Kier molecular flexibility index (Phi) is 7.04. The van der Waals surface area contributed by atoms with Crippen LogP contribution in [0.4, 0.5) is 30.6 Å². The van der Waals surface area contributed by atoms with Crippen LogP contribution in [0.15, 0.2) is 52.9 Å². The summed E-state index contributed by atoms with van der Waals surface area (Å²) in [5.41, 5.74) is 0.894.